The predicted octanol–water partition coefficient (Wildman–Crippen LogP) is 3.74. The van der Waals surface area contributed by atoms with Crippen molar-refractivity contribution in [2.24, 2.45) is 0 Å². The summed E-state index contributed by atoms with van der Waals surface area (Å²) in [6.07, 6.45) is 6.37. The molecule has 0 spiro atoms. The molecule has 3 aromatic heterocycles. The highest BCUT2D eigenvalue weighted by atomic mass is 32.3. The molecule has 0 saturated heterocycles. The van der Waals surface area contributed by atoms with Gasteiger partial charge in [0.2, 0.25) is 0 Å². The van der Waals surface area contributed by atoms with Crippen LogP contribution in [0.2, 0.25) is 0 Å². The fourth-order valence-electron chi connectivity index (χ4n) is 4.34. The van der Waals surface area contributed by atoms with E-state index < -0.39 is 20.1 Å². The first-order valence-electron chi connectivity index (χ1n) is 11.3. The Morgan fingerprint density at radius 3 is 2.27 bits per heavy atom. The second kappa shape index (κ2) is 8.36. The van der Waals surface area contributed by atoms with Gasteiger partial charge < -0.3 is 5.73 Å². The van der Waals surface area contributed by atoms with E-state index in [1.807, 2.05) is 36.4 Å². The van der Waals surface area contributed by atoms with Crippen LogP contribution in [-0.2, 0) is 20.1 Å². The molecule has 186 valence electrons. The van der Waals surface area contributed by atoms with Crippen LogP contribution in [-0.4, -0.2) is 42.2 Å². The second-order valence-electron chi connectivity index (χ2n) is 8.69. The Bertz CT molecular complexity index is 1950. The van der Waals surface area contributed by atoms with Crippen molar-refractivity contribution in [3.05, 3.63) is 97.5 Å². The van der Waals surface area contributed by atoms with E-state index in [0.29, 0.717) is 43.6 Å². The van der Waals surface area contributed by atoms with E-state index in [-0.39, 0.29) is 4.90 Å². The first-order chi connectivity index (χ1) is 17.8. The zero-order valence-electron chi connectivity index (χ0n) is 19.6. The zero-order chi connectivity index (χ0) is 25.8. The van der Waals surface area contributed by atoms with Crippen molar-refractivity contribution in [1.82, 2.24) is 23.4 Å². The molecule has 0 unspecified atom stereocenters. The molecule has 2 N–H and O–H groups in total. The van der Waals surface area contributed by atoms with Gasteiger partial charge in [-0.1, -0.05) is 36.4 Å². The number of nitrogens with two attached hydrogens (primary N) is 1. The van der Waals surface area contributed by atoms with Gasteiger partial charge in [-0.3, -0.25) is 4.21 Å². The number of nitrogen functional groups attached to an aromatic ring is 1. The fourth-order valence-corrected chi connectivity index (χ4v) is 7.34. The van der Waals surface area contributed by atoms with Gasteiger partial charge >= 0.3 is 0 Å². The van der Waals surface area contributed by atoms with Gasteiger partial charge in [-0.15, -0.1) is 0 Å². The first-order valence-corrected chi connectivity index (χ1v) is 14.9. The molecule has 0 aliphatic rings. The lowest BCUT2D eigenvalue weighted by Crippen LogP contribution is -2.22. The first kappa shape index (κ1) is 23.1. The third-order valence-corrected chi connectivity index (χ3v) is 10.2. The van der Waals surface area contributed by atoms with Crippen molar-refractivity contribution in [3.63, 3.8) is 0 Å². The van der Waals surface area contributed by atoms with Crippen molar-refractivity contribution < 1.29 is 12.6 Å². The van der Waals surface area contributed by atoms with Crippen LogP contribution in [0.3, 0.4) is 0 Å². The lowest BCUT2D eigenvalue weighted by molar-refractivity contribution is 0.582. The summed E-state index contributed by atoms with van der Waals surface area (Å²) in [5, 5.41) is 9.75. The van der Waals surface area contributed by atoms with E-state index in [4.69, 9.17) is 5.73 Å². The maximum atomic E-state index is 13.6. The van der Waals surface area contributed by atoms with Crippen LogP contribution in [0.1, 0.15) is 0 Å². The molecule has 0 amide bonds. The Hall–Kier alpha value is -4.35. The molecule has 0 saturated carbocycles. The molecule has 3 heterocycles. The zero-order valence-corrected chi connectivity index (χ0v) is 21.3. The summed E-state index contributed by atoms with van der Waals surface area (Å²) < 4.78 is 42.6. The number of hydrogen-bond donors (Lipinski definition) is 2. The monoisotopic (exact) mass is 530 g/mol. The van der Waals surface area contributed by atoms with E-state index in [9.17, 15) is 12.6 Å². The molecule has 0 aliphatic heterocycles. The van der Waals surface area contributed by atoms with E-state index in [1.54, 1.807) is 49.0 Å². The van der Waals surface area contributed by atoms with E-state index in [2.05, 4.69) is 15.2 Å². The smallest absolute Gasteiger partial charge is 0.283 e. The highest BCUT2D eigenvalue weighted by Crippen LogP contribution is 2.32. The lowest BCUT2D eigenvalue weighted by Gasteiger charge is -2.20. The topological polar surface area (TPSA) is 126 Å². The number of thiol groups is 1. The minimum Gasteiger partial charge on any atom is -0.398 e. The summed E-state index contributed by atoms with van der Waals surface area (Å²) in [6, 6.07) is 22.6. The number of hydrogen-bond acceptors (Lipinski definition) is 7. The average molecular weight is 531 g/mol. The standard InChI is InChI=1S/C26H22N6O3S2/c1-36(33,21-8-4-2-5-9-21)32-26-20(16-29-32)12-19(15-28-26)18-13-24(27)23-17-30-31(25(23)14-18)37(34,35)22-10-6-3-7-11-22/h2-17,36H,27H2,1H3. The molecule has 37 heavy (non-hydrogen) atoms. The molecule has 0 atom stereocenters. The highest BCUT2D eigenvalue weighted by Gasteiger charge is 2.22. The number of anilines is 1. The van der Waals surface area contributed by atoms with Gasteiger partial charge in [-0.25, -0.2) is 4.98 Å². The Kier molecular flexibility index (Phi) is 5.21. The molecule has 0 bridgehead atoms. The number of aromatic nitrogens is 5. The molecule has 3 aromatic carbocycles. The Morgan fingerprint density at radius 1 is 0.838 bits per heavy atom. The summed E-state index contributed by atoms with van der Waals surface area (Å²) in [5.41, 5.74) is 8.91. The number of benzene rings is 3. The number of nitrogens with zero attached hydrogens (tertiary/aromatic N) is 5. The van der Waals surface area contributed by atoms with Gasteiger partial charge in [0, 0.05) is 49.5 Å². The van der Waals surface area contributed by atoms with E-state index in [0.717, 1.165) is 4.09 Å². The van der Waals surface area contributed by atoms with Crippen molar-refractivity contribution in [3.8, 4) is 11.1 Å². The van der Waals surface area contributed by atoms with Crippen LogP contribution < -0.4 is 5.73 Å². The van der Waals surface area contributed by atoms with Crippen molar-refractivity contribution in [1.29, 1.82) is 0 Å². The molecule has 0 radical (unpaired) electrons. The quantitative estimate of drug-likeness (QED) is 0.257. The minimum absolute atomic E-state index is 0.127. The van der Waals surface area contributed by atoms with Crippen LogP contribution in [0, 0.1) is 0 Å². The molecule has 6 rings (SSSR count). The van der Waals surface area contributed by atoms with Crippen molar-refractivity contribution >= 4 is 47.8 Å². The number of pyridine rings is 1. The summed E-state index contributed by atoms with van der Waals surface area (Å²) >= 11 is 0. The van der Waals surface area contributed by atoms with Gasteiger partial charge in [0.1, 0.15) is 0 Å². The second-order valence-corrected chi connectivity index (χ2v) is 13.1. The molecule has 0 aliphatic carbocycles. The van der Waals surface area contributed by atoms with Gasteiger partial charge in [-0.05, 0) is 48.0 Å². The van der Waals surface area contributed by atoms with Crippen LogP contribution in [0.15, 0.2) is 107 Å². The Balaban J connectivity index is 1.46. The summed E-state index contributed by atoms with van der Waals surface area (Å²) in [6.45, 7) is 0. The summed E-state index contributed by atoms with van der Waals surface area (Å²) in [4.78, 5) is 5.38. The average Bonchev–Trinajstić information content (AvgIpc) is 3.55. The van der Waals surface area contributed by atoms with Crippen LogP contribution in [0.4, 0.5) is 5.69 Å². The third kappa shape index (κ3) is 3.71. The molecular formula is C26H22N6O3S2. The van der Waals surface area contributed by atoms with Gasteiger partial charge in [0.05, 0.1) is 22.8 Å². The summed E-state index contributed by atoms with van der Waals surface area (Å²) in [7, 11) is -6.95. The third-order valence-electron chi connectivity index (χ3n) is 6.28. The van der Waals surface area contributed by atoms with Crippen LogP contribution >= 0.6 is 0 Å². The SMILES string of the molecule is C[SH](=O)(c1ccccc1)n1ncc2cc(-c3cc(N)c4cnn(S(=O)(=O)c5ccccc5)c4c3)cnc21. The molecule has 0 fully saturated rings. The number of fused-ring (bicyclic) bond motifs is 2. The van der Waals surface area contributed by atoms with Gasteiger partial charge in [-0.2, -0.15) is 26.8 Å². The molecular weight excluding hydrogens is 508 g/mol. The number of rotatable bonds is 5. The molecule has 11 heteroatoms. The molecule has 9 nitrogen and oxygen atoms in total. The highest BCUT2D eigenvalue weighted by molar-refractivity contribution is 8.01. The van der Waals surface area contributed by atoms with Gasteiger partial charge in [0.25, 0.3) is 10.0 Å². The Morgan fingerprint density at radius 2 is 1.54 bits per heavy atom. The normalized spacial score (nSPS) is 12.8. The Labute approximate surface area is 213 Å². The molecule has 6 aromatic rings. The van der Waals surface area contributed by atoms with E-state index in [1.165, 1.54) is 22.4 Å². The summed E-state index contributed by atoms with van der Waals surface area (Å²) in [5.74, 6) is 0. The predicted molar refractivity (Wildman–Crippen MR) is 145 cm³/mol. The van der Waals surface area contributed by atoms with Crippen LogP contribution in [0.25, 0.3) is 33.1 Å². The van der Waals surface area contributed by atoms with Crippen LogP contribution in [0.5, 0.6) is 0 Å². The van der Waals surface area contributed by atoms with Gasteiger partial charge in [0.15, 0.2) is 5.65 Å². The maximum Gasteiger partial charge on any atom is 0.283 e. The van der Waals surface area contributed by atoms with Crippen molar-refractivity contribution in [2.45, 2.75) is 9.79 Å². The lowest BCUT2D eigenvalue weighted by atomic mass is 10.0. The largest absolute Gasteiger partial charge is 0.398 e. The fraction of sp³-hybridized carbons (Fsp3) is 0.0385. The van der Waals surface area contributed by atoms with Crippen molar-refractivity contribution in [2.75, 3.05) is 12.0 Å². The maximum absolute atomic E-state index is 13.6. The minimum atomic E-state index is -3.92. The van der Waals surface area contributed by atoms with E-state index >= 15 is 0 Å².